The lowest BCUT2D eigenvalue weighted by Crippen LogP contribution is -2.10. The first-order valence-electron chi connectivity index (χ1n) is 5.08. The maximum absolute atomic E-state index is 10.9. The van der Waals surface area contributed by atoms with Crippen molar-refractivity contribution >= 4 is 11.5 Å². The quantitative estimate of drug-likeness (QED) is 0.429. The summed E-state index contributed by atoms with van der Waals surface area (Å²) in [6.07, 6.45) is 1.20. The van der Waals surface area contributed by atoms with E-state index < -0.39 is 4.92 Å². The minimum atomic E-state index is -0.582. The van der Waals surface area contributed by atoms with E-state index >= 15 is 0 Å². The van der Waals surface area contributed by atoms with Gasteiger partial charge in [0, 0.05) is 13.7 Å². The fraction of sp³-hybridized carbons (Fsp3) is 0.556. The molecule has 8 heteroatoms. The van der Waals surface area contributed by atoms with Crippen LogP contribution >= 0.6 is 0 Å². The summed E-state index contributed by atoms with van der Waals surface area (Å²) in [5, 5.41) is 13.5. The van der Waals surface area contributed by atoms with Gasteiger partial charge in [-0.1, -0.05) is 0 Å². The van der Waals surface area contributed by atoms with Gasteiger partial charge in [0.15, 0.2) is 0 Å². The van der Waals surface area contributed by atoms with Gasteiger partial charge in [-0.2, -0.15) is 4.98 Å². The first kappa shape index (κ1) is 13.1. The van der Waals surface area contributed by atoms with Crippen LogP contribution in [0.4, 0.5) is 11.5 Å². The highest BCUT2D eigenvalue weighted by atomic mass is 16.6. The van der Waals surface area contributed by atoms with E-state index in [1.54, 1.807) is 7.05 Å². The Morgan fingerprint density at radius 2 is 2.24 bits per heavy atom. The number of nitrogens with one attached hydrogen (secondary N) is 1. The van der Waals surface area contributed by atoms with E-state index in [9.17, 15) is 10.1 Å². The molecular formula is C9H14N4O4. The van der Waals surface area contributed by atoms with Crippen molar-refractivity contribution < 1.29 is 14.4 Å². The van der Waals surface area contributed by atoms with Crippen molar-refractivity contribution in [3.63, 3.8) is 0 Å². The van der Waals surface area contributed by atoms with E-state index in [1.165, 1.54) is 6.33 Å². The van der Waals surface area contributed by atoms with E-state index in [4.69, 9.17) is 9.47 Å². The highest BCUT2D eigenvalue weighted by molar-refractivity contribution is 5.60. The van der Waals surface area contributed by atoms with Crippen molar-refractivity contribution in [1.29, 1.82) is 0 Å². The molecule has 0 radical (unpaired) electrons. The highest BCUT2D eigenvalue weighted by Crippen LogP contribution is 2.30. The Bertz CT molecular complexity index is 385. The molecule has 1 aromatic heterocycles. The summed E-state index contributed by atoms with van der Waals surface area (Å²) in [7, 11) is 1.54. The second kappa shape index (κ2) is 6.59. The summed E-state index contributed by atoms with van der Waals surface area (Å²) in [4.78, 5) is 17.8. The number of rotatable bonds is 7. The zero-order valence-corrected chi connectivity index (χ0v) is 9.67. The molecule has 94 valence electrons. The third-order valence-corrected chi connectivity index (χ3v) is 1.88. The predicted octanol–water partition coefficient (Wildman–Crippen LogP) is 0.842. The van der Waals surface area contributed by atoms with Crippen LogP contribution < -0.4 is 10.1 Å². The number of hydrogen-bond donors (Lipinski definition) is 1. The Hall–Kier alpha value is -1.96. The Balaban J connectivity index is 2.79. The highest BCUT2D eigenvalue weighted by Gasteiger charge is 2.23. The molecule has 0 spiro atoms. The third kappa shape index (κ3) is 3.52. The molecule has 1 aromatic rings. The van der Waals surface area contributed by atoms with Gasteiger partial charge in [0.1, 0.15) is 12.9 Å². The topological polar surface area (TPSA) is 99.4 Å². The Kier molecular flexibility index (Phi) is 5.08. The maximum Gasteiger partial charge on any atom is 0.372 e. The lowest BCUT2D eigenvalue weighted by atomic mass is 10.4. The van der Waals surface area contributed by atoms with E-state index in [1.807, 2.05) is 6.92 Å². The second-order valence-electron chi connectivity index (χ2n) is 2.93. The fourth-order valence-corrected chi connectivity index (χ4v) is 1.16. The van der Waals surface area contributed by atoms with Gasteiger partial charge in [0.05, 0.1) is 11.5 Å². The standard InChI is InChI=1S/C9H14N4O4/c1-3-16-4-5-17-9-7(13(14)15)8(10-2)11-6-12-9/h6H,3-5H2,1-2H3,(H,10,11,12). The molecule has 0 aliphatic carbocycles. The molecule has 1 heterocycles. The third-order valence-electron chi connectivity index (χ3n) is 1.88. The van der Waals surface area contributed by atoms with Crippen molar-refractivity contribution in [2.75, 3.05) is 32.2 Å². The first-order valence-corrected chi connectivity index (χ1v) is 5.08. The number of anilines is 1. The van der Waals surface area contributed by atoms with Gasteiger partial charge in [0.2, 0.25) is 5.82 Å². The van der Waals surface area contributed by atoms with E-state index in [0.29, 0.717) is 13.2 Å². The normalized spacial score (nSPS) is 10.0. The lowest BCUT2D eigenvalue weighted by Gasteiger charge is -2.07. The van der Waals surface area contributed by atoms with Gasteiger partial charge in [-0.3, -0.25) is 10.1 Å². The molecule has 17 heavy (non-hydrogen) atoms. The summed E-state index contributed by atoms with van der Waals surface area (Å²) < 4.78 is 10.2. The summed E-state index contributed by atoms with van der Waals surface area (Å²) in [6.45, 7) is 2.98. The van der Waals surface area contributed by atoms with Crippen molar-refractivity contribution in [3.05, 3.63) is 16.4 Å². The Morgan fingerprint density at radius 3 is 2.82 bits per heavy atom. The van der Waals surface area contributed by atoms with E-state index in [2.05, 4.69) is 15.3 Å². The van der Waals surface area contributed by atoms with Gasteiger partial charge in [0.25, 0.3) is 5.88 Å². The van der Waals surface area contributed by atoms with E-state index in [-0.39, 0.29) is 24.0 Å². The molecule has 0 unspecified atom stereocenters. The second-order valence-corrected chi connectivity index (χ2v) is 2.93. The maximum atomic E-state index is 10.9. The molecule has 0 aliphatic rings. The Morgan fingerprint density at radius 1 is 1.47 bits per heavy atom. The fourth-order valence-electron chi connectivity index (χ4n) is 1.16. The van der Waals surface area contributed by atoms with Crippen LogP contribution in [0.1, 0.15) is 6.92 Å². The SMILES string of the molecule is CCOCCOc1ncnc(NC)c1[N+](=O)[O-]. The molecule has 1 N–H and O–H groups in total. The molecule has 0 fully saturated rings. The molecule has 0 aliphatic heterocycles. The van der Waals surface area contributed by atoms with Crippen molar-refractivity contribution in [2.24, 2.45) is 0 Å². The number of nitrogens with zero attached hydrogens (tertiary/aromatic N) is 3. The van der Waals surface area contributed by atoms with Gasteiger partial charge < -0.3 is 14.8 Å². The molecule has 0 aromatic carbocycles. The van der Waals surface area contributed by atoms with Crippen molar-refractivity contribution in [1.82, 2.24) is 9.97 Å². The van der Waals surface area contributed by atoms with Gasteiger partial charge in [-0.15, -0.1) is 0 Å². The molecular weight excluding hydrogens is 228 g/mol. The first-order chi connectivity index (χ1) is 8.20. The summed E-state index contributed by atoms with van der Waals surface area (Å²) in [6, 6.07) is 0. The average Bonchev–Trinajstić information content (AvgIpc) is 2.33. The molecule has 0 atom stereocenters. The van der Waals surface area contributed by atoms with Gasteiger partial charge >= 0.3 is 5.69 Å². The monoisotopic (exact) mass is 242 g/mol. The number of hydrogen-bond acceptors (Lipinski definition) is 7. The molecule has 0 saturated carbocycles. The van der Waals surface area contributed by atoms with Crippen LogP contribution in [0, 0.1) is 10.1 Å². The zero-order chi connectivity index (χ0) is 12.7. The van der Waals surface area contributed by atoms with Crippen LogP contribution in [0.5, 0.6) is 5.88 Å². The molecule has 1 rings (SSSR count). The van der Waals surface area contributed by atoms with Gasteiger partial charge in [-0.05, 0) is 6.92 Å². The smallest absolute Gasteiger partial charge is 0.372 e. The number of nitro groups is 1. The van der Waals surface area contributed by atoms with E-state index in [0.717, 1.165) is 0 Å². The summed E-state index contributed by atoms with van der Waals surface area (Å²) in [5.41, 5.74) is -0.272. The predicted molar refractivity (Wildman–Crippen MR) is 60.2 cm³/mol. The zero-order valence-electron chi connectivity index (χ0n) is 9.67. The summed E-state index contributed by atoms with van der Waals surface area (Å²) >= 11 is 0. The lowest BCUT2D eigenvalue weighted by molar-refractivity contribution is -0.385. The number of aromatic nitrogens is 2. The van der Waals surface area contributed by atoms with Crippen LogP contribution in [0.25, 0.3) is 0 Å². The number of ether oxygens (including phenoxy) is 2. The molecule has 0 bridgehead atoms. The van der Waals surface area contributed by atoms with Crippen LogP contribution in [-0.4, -0.2) is 41.8 Å². The van der Waals surface area contributed by atoms with Crippen LogP contribution in [0.3, 0.4) is 0 Å². The average molecular weight is 242 g/mol. The van der Waals surface area contributed by atoms with Gasteiger partial charge in [-0.25, -0.2) is 4.98 Å². The minimum Gasteiger partial charge on any atom is -0.470 e. The minimum absolute atomic E-state index is 0.0611. The molecule has 0 amide bonds. The molecule has 0 saturated heterocycles. The van der Waals surface area contributed by atoms with Crippen LogP contribution in [-0.2, 0) is 4.74 Å². The largest absolute Gasteiger partial charge is 0.470 e. The van der Waals surface area contributed by atoms with Crippen molar-refractivity contribution in [3.8, 4) is 5.88 Å². The molecule has 8 nitrogen and oxygen atoms in total. The van der Waals surface area contributed by atoms with Crippen LogP contribution in [0.15, 0.2) is 6.33 Å². The van der Waals surface area contributed by atoms with Crippen molar-refractivity contribution in [2.45, 2.75) is 6.92 Å². The summed E-state index contributed by atoms with van der Waals surface area (Å²) in [5.74, 6) is 0.0606. The van der Waals surface area contributed by atoms with Crippen LogP contribution in [0.2, 0.25) is 0 Å². The Labute approximate surface area is 98.1 Å².